The molecule has 1 fully saturated rings. The molecule has 1 aliphatic rings. The van der Waals surface area contributed by atoms with Crippen molar-refractivity contribution in [3.8, 4) is 11.5 Å². The van der Waals surface area contributed by atoms with Crippen molar-refractivity contribution in [2.45, 2.75) is 29.9 Å². The van der Waals surface area contributed by atoms with E-state index in [9.17, 15) is 0 Å². The van der Waals surface area contributed by atoms with E-state index >= 15 is 0 Å². The van der Waals surface area contributed by atoms with E-state index in [0.29, 0.717) is 10.5 Å². The van der Waals surface area contributed by atoms with Gasteiger partial charge in [-0.2, -0.15) is 23.5 Å². The maximum atomic E-state index is 5.58. The third kappa shape index (κ3) is 3.82. The van der Waals surface area contributed by atoms with Gasteiger partial charge in [0, 0.05) is 33.6 Å². The lowest BCUT2D eigenvalue weighted by Crippen LogP contribution is -2.37. The third-order valence-corrected chi connectivity index (χ3v) is 7.26. The Balaban J connectivity index is 2.35. The molecule has 1 aromatic carbocycles. The maximum Gasteiger partial charge on any atom is 0.123 e. The molecular formula is C16H25NO2S2. The monoisotopic (exact) mass is 327 g/mol. The molecule has 0 aromatic heterocycles. The second kappa shape index (κ2) is 8.20. The van der Waals surface area contributed by atoms with E-state index in [1.165, 1.54) is 23.5 Å². The summed E-state index contributed by atoms with van der Waals surface area (Å²) in [4.78, 5) is 0. The predicted octanol–water partition coefficient (Wildman–Crippen LogP) is 3.59. The van der Waals surface area contributed by atoms with Crippen LogP contribution in [0.25, 0.3) is 0 Å². The lowest BCUT2D eigenvalue weighted by atomic mass is 9.99. The second-order valence-corrected chi connectivity index (χ2v) is 7.66. The zero-order valence-corrected chi connectivity index (χ0v) is 14.9. The highest BCUT2D eigenvalue weighted by atomic mass is 32.2. The van der Waals surface area contributed by atoms with E-state index in [4.69, 9.17) is 9.47 Å². The number of ether oxygens (including phenoxy) is 2. The van der Waals surface area contributed by atoms with Crippen molar-refractivity contribution < 1.29 is 9.47 Å². The van der Waals surface area contributed by atoms with Crippen molar-refractivity contribution >= 4 is 23.5 Å². The van der Waals surface area contributed by atoms with Crippen molar-refractivity contribution in [3.05, 3.63) is 23.8 Å². The normalized spacial score (nSPS) is 23.6. The predicted molar refractivity (Wildman–Crippen MR) is 94.1 cm³/mol. The van der Waals surface area contributed by atoms with Crippen molar-refractivity contribution in [1.29, 1.82) is 0 Å². The Morgan fingerprint density at radius 1 is 1.24 bits per heavy atom. The molecule has 3 atom stereocenters. The summed E-state index contributed by atoms with van der Waals surface area (Å²) in [5.41, 5.74) is 1.19. The fourth-order valence-electron chi connectivity index (χ4n) is 2.83. The largest absolute Gasteiger partial charge is 0.497 e. The molecule has 21 heavy (non-hydrogen) atoms. The first-order chi connectivity index (χ1) is 10.2. The molecule has 1 aliphatic heterocycles. The van der Waals surface area contributed by atoms with Gasteiger partial charge in [-0.25, -0.2) is 0 Å². The van der Waals surface area contributed by atoms with Crippen LogP contribution < -0.4 is 14.8 Å². The van der Waals surface area contributed by atoms with Gasteiger partial charge < -0.3 is 14.8 Å². The number of rotatable bonds is 6. The Kier molecular flexibility index (Phi) is 6.58. The van der Waals surface area contributed by atoms with Crippen LogP contribution >= 0.6 is 23.5 Å². The molecule has 0 aliphatic carbocycles. The van der Waals surface area contributed by atoms with E-state index in [2.05, 4.69) is 41.8 Å². The molecule has 1 N–H and O–H groups in total. The SMILES string of the molecule is CCC1SCCSC1C(NC)c1cc(OC)ccc1OC. The van der Waals surface area contributed by atoms with Gasteiger partial charge >= 0.3 is 0 Å². The molecule has 0 bridgehead atoms. The molecular weight excluding hydrogens is 302 g/mol. The summed E-state index contributed by atoms with van der Waals surface area (Å²) in [7, 11) is 5.48. The van der Waals surface area contributed by atoms with Crippen molar-refractivity contribution in [1.82, 2.24) is 5.32 Å². The zero-order chi connectivity index (χ0) is 15.2. The number of hydrogen-bond acceptors (Lipinski definition) is 5. The van der Waals surface area contributed by atoms with Gasteiger partial charge in [0.15, 0.2) is 0 Å². The first kappa shape index (κ1) is 16.8. The fraction of sp³-hybridized carbons (Fsp3) is 0.625. The average molecular weight is 328 g/mol. The van der Waals surface area contributed by atoms with Crippen LogP contribution in [0.2, 0.25) is 0 Å². The summed E-state index contributed by atoms with van der Waals surface area (Å²) in [5.74, 6) is 4.29. The van der Waals surface area contributed by atoms with Crippen LogP contribution in [0.4, 0.5) is 0 Å². The van der Waals surface area contributed by atoms with E-state index in [0.717, 1.165) is 11.5 Å². The van der Waals surface area contributed by atoms with Gasteiger partial charge in [0.2, 0.25) is 0 Å². The van der Waals surface area contributed by atoms with Gasteiger partial charge in [-0.05, 0) is 31.7 Å². The van der Waals surface area contributed by atoms with Gasteiger partial charge in [0.1, 0.15) is 11.5 Å². The number of benzene rings is 1. The second-order valence-electron chi connectivity index (χ2n) is 5.03. The Morgan fingerprint density at radius 3 is 2.62 bits per heavy atom. The van der Waals surface area contributed by atoms with Crippen LogP contribution in [-0.2, 0) is 0 Å². The van der Waals surface area contributed by atoms with E-state index in [1.54, 1.807) is 14.2 Å². The topological polar surface area (TPSA) is 30.5 Å². The molecule has 2 rings (SSSR count). The van der Waals surface area contributed by atoms with Gasteiger partial charge in [-0.3, -0.25) is 0 Å². The fourth-order valence-corrected chi connectivity index (χ4v) is 6.11. The summed E-state index contributed by atoms with van der Waals surface area (Å²) in [6.07, 6.45) is 1.20. The first-order valence-electron chi connectivity index (χ1n) is 7.37. The minimum absolute atomic E-state index is 0.276. The number of methoxy groups -OCH3 is 2. The minimum Gasteiger partial charge on any atom is -0.497 e. The Bertz CT molecular complexity index is 456. The lowest BCUT2D eigenvalue weighted by Gasteiger charge is -2.36. The average Bonchev–Trinajstić information content (AvgIpc) is 2.55. The van der Waals surface area contributed by atoms with Crippen molar-refractivity contribution in [2.75, 3.05) is 32.8 Å². The zero-order valence-electron chi connectivity index (χ0n) is 13.2. The lowest BCUT2D eigenvalue weighted by molar-refractivity contribution is 0.389. The molecule has 0 spiro atoms. The van der Waals surface area contributed by atoms with Gasteiger partial charge in [0.25, 0.3) is 0 Å². The van der Waals surface area contributed by atoms with Crippen molar-refractivity contribution in [2.24, 2.45) is 0 Å². The number of hydrogen-bond donors (Lipinski definition) is 1. The van der Waals surface area contributed by atoms with Crippen LogP contribution in [0, 0.1) is 0 Å². The summed E-state index contributed by atoms with van der Waals surface area (Å²) in [6.45, 7) is 2.28. The van der Waals surface area contributed by atoms with E-state index in [-0.39, 0.29) is 6.04 Å². The van der Waals surface area contributed by atoms with Crippen LogP contribution in [0.5, 0.6) is 11.5 Å². The third-order valence-electron chi connectivity index (χ3n) is 3.91. The van der Waals surface area contributed by atoms with Crippen LogP contribution in [0.3, 0.4) is 0 Å². The molecule has 1 aromatic rings. The van der Waals surface area contributed by atoms with E-state index < -0.39 is 0 Å². The highest BCUT2D eigenvalue weighted by Crippen LogP contribution is 2.42. The quantitative estimate of drug-likeness (QED) is 0.863. The van der Waals surface area contributed by atoms with E-state index in [1.807, 2.05) is 19.2 Å². The van der Waals surface area contributed by atoms with Crippen LogP contribution in [0.1, 0.15) is 24.9 Å². The summed E-state index contributed by atoms with van der Waals surface area (Å²) in [5, 5.41) is 4.74. The summed E-state index contributed by atoms with van der Waals surface area (Å²) < 4.78 is 11.0. The first-order valence-corrected chi connectivity index (χ1v) is 9.47. The van der Waals surface area contributed by atoms with Crippen LogP contribution in [0.15, 0.2) is 18.2 Å². The van der Waals surface area contributed by atoms with Gasteiger partial charge in [0.05, 0.1) is 14.2 Å². The molecule has 1 heterocycles. The molecule has 0 amide bonds. The molecule has 0 radical (unpaired) electrons. The Morgan fingerprint density at radius 2 is 2.00 bits per heavy atom. The Labute approximate surface area is 136 Å². The highest BCUT2D eigenvalue weighted by Gasteiger charge is 2.33. The minimum atomic E-state index is 0.276. The number of thioether (sulfide) groups is 2. The molecule has 5 heteroatoms. The molecule has 3 nitrogen and oxygen atoms in total. The number of nitrogens with one attached hydrogen (secondary N) is 1. The summed E-state index contributed by atoms with van der Waals surface area (Å²) in [6, 6.07) is 6.33. The molecule has 3 unspecified atom stereocenters. The summed E-state index contributed by atoms with van der Waals surface area (Å²) >= 11 is 4.18. The Hall–Kier alpha value is -0.520. The van der Waals surface area contributed by atoms with Gasteiger partial charge in [-0.15, -0.1) is 0 Å². The molecule has 118 valence electrons. The molecule has 1 saturated heterocycles. The van der Waals surface area contributed by atoms with Crippen molar-refractivity contribution in [3.63, 3.8) is 0 Å². The highest BCUT2D eigenvalue weighted by molar-refractivity contribution is 8.07. The molecule has 0 saturated carbocycles. The standard InChI is InChI=1S/C16H25NO2S2/c1-5-14-16(21-9-8-20-14)15(17-2)12-10-11(18-3)6-7-13(12)19-4/h6-7,10,14-17H,5,8-9H2,1-4H3. The maximum absolute atomic E-state index is 5.58. The smallest absolute Gasteiger partial charge is 0.123 e. The van der Waals surface area contributed by atoms with Crippen LogP contribution in [-0.4, -0.2) is 43.3 Å². The van der Waals surface area contributed by atoms with Gasteiger partial charge in [-0.1, -0.05) is 6.92 Å².